The molecule has 0 saturated carbocycles. The van der Waals surface area contributed by atoms with Crippen molar-refractivity contribution in [2.75, 3.05) is 33.3 Å². The summed E-state index contributed by atoms with van der Waals surface area (Å²) in [6, 6.07) is 12.5. The maximum absolute atomic E-state index is 5.52. The van der Waals surface area contributed by atoms with E-state index in [1.165, 1.54) is 5.56 Å². The molecule has 8 nitrogen and oxygen atoms in total. The van der Waals surface area contributed by atoms with Crippen LogP contribution in [0.5, 0.6) is 5.75 Å². The minimum absolute atomic E-state index is 0.299. The Bertz CT molecular complexity index is 886. The van der Waals surface area contributed by atoms with Gasteiger partial charge < -0.3 is 19.0 Å². The fourth-order valence-electron chi connectivity index (χ4n) is 4.35. The van der Waals surface area contributed by atoms with E-state index in [9.17, 15) is 0 Å². The molecular weight excluding hydrogens is 368 g/mol. The number of tetrazole rings is 1. The number of furan rings is 1. The van der Waals surface area contributed by atoms with Crippen LogP contribution in [0.25, 0.3) is 0 Å². The van der Waals surface area contributed by atoms with E-state index in [0.29, 0.717) is 12.6 Å². The van der Waals surface area contributed by atoms with E-state index < -0.39 is 0 Å². The van der Waals surface area contributed by atoms with Gasteiger partial charge >= 0.3 is 0 Å². The third kappa shape index (κ3) is 4.49. The van der Waals surface area contributed by atoms with Gasteiger partial charge in [0, 0.05) is 12.0 Å². The summed E-state index contributed by atoms with van der Waals surface area (Å²) in [5.74, 6) is 2.81. The molecule has 0 aliphatic carbocycles. The number of methoxy groups -OCH3 is 1. The number of para-hydroxylation sites is 1. The molecule has 1 saturated heterocycles. The maximum atomic E-state index is 5.52. The van der Waals surface area contributed by atoms with Crippen molar-refractivity contribution in [1.29, 1.82) is 0 Å². The second-order valence-electron chi connectivity index (χ2n) is 7.63. The lowest BCUT2D eigenvalue weighted by Crippen LogP contribution is -3.27. The Hall–Kier alpha value is -2.71. The van der Waals surface area contributed by atoms with Crippen LogP contribution in [-0.4, -0.2) is 53.5 Å². The van der Waals surface area contributed by atoms with Gasteiger partial charge in [0.2, 0.25) is 5.82 Å². The van der Waals surface area contributed by atoms with Gasteiger partial charge in [-0.1, -0.05) is 19.1 Å². The van der Waals surface area contributed by atoms with Gasteiger partial charge in [0.05, 0.1) is 13.4 Å². The highest BCUT2D eigenvalue weighted by molar-refractivity contribution is 5.32. The summed E-state index contributed by atoms with van der Waals surface area (Å²) in [5, 5.41) is 12.5. The summed E-state index contributed by atoms with van der Waals surface area (Å²) < 4.78 is 12.9. The maximum Gasteiger partial charge on any atom is 0.209 e. The van der Waals surface area contributed by atoms with Crippen molar-refractivity contribution in [2.24, 2.45) is 0 Å². The fourth-order valence-corrected chi connectivity index (χ4v) is 4.35. The number of aromatic nitrogens is 4. The summed E-state index contributed by atoms with van der Waals surface area (Å²) in [5.41, 5.74) is 1.28. The van der Waals surface area contributed by atoms with Crippen LogP contribution in [0.3, 0.4) is 0 Å². The van der Waals surface area contributed by atoms with Crippen LogP contribution in [0, 0.1) is 0 Å². The average Bonchev–Trinajstić information content (AvgIpc) is 3.43. The van der Waals surface area contributed by atoms with Crippen LogP contribution in [0.1, 0.15) is 36.5 Å². The van der Waals surface area contributed by atoms with Gasteiger partial charge in [-0.25, -0.2) is 4.68 Å². The van der Waals surface area contributed by atoms with Crippen molar-refractivity contribution in [2.45, 2.75) is 32.5 Å². The molecule has 0 unspecified atom stereocenters. The van der Waals surface area contributed by atoms with Gasteiger partial charge in [-0.15, -0.1) is 5.10 Å². The molecule has 0 amide bonds. The summed E-state index contributed by atoms with van der Waals surface area (Å²) in [6.45, 7) is 8.27. The number of hydrogen-bond acceptors (Lipinski definition) is 5. The van der Waals surface area contributed by atoms with Crippen LogP contribution in [0.2, 0.25) is 0 Å². The molecule has 1 atom stereocenters. The number of nitrogens with one attached hydrogen (secondary N) is 2. The molecule has 154 valence electrons. The lowest BCUT2D eigenvalue weighted by atomic mass is 10.1. The average molecular weight is 399 g/mol. The van der Waals surface area contributed by atoms with Crippen LogP contribution in [-0.2, 0) is 13.1 Å². The number of ether oxygens (including phenoxy) is 1. The van der Waals surface area contributed by atoms with Crippen molar-refractivity contribution in [3.05, 3.63) is 59.8 Å². The predicted molar refractivity (Wildman–Crippen MR) is 107 cm³/mol. The van der Waals surface area contributed by atoms with Crippen molar-refractivity contribution in [1.82, 2.24) is 20.2 Å². The fraction of sp³-hybridized carbons (Fsp3) is 0.476. The first-order valence-electron chi connectivity index (χ1n) is 10.4. The molecule has 0 radical (unpaired) electrons. The SMILES string of the molecule is CC[C@@H](c1nnnn1Cc1ccco1)[NH+]1CC[NH+](Cc2ccccc2OC)CC1. The van der Waals surface area contributed by atoms with E-state index in [1.54, 1.807) is 23.2 Å². The number of rotatable bonds is 8. The highest BCUT2D eigenvalue weighted by Gasteiger charge is 2.33. The normalized spacial score (nSPS) is 20.5. The Morgan fingerprint density at radius 1 is 1.14 bits per heavy atom. The molecule has 1 aliphatic rings. The molecule has 1 aliphatic heterocycles. The van der Waals surface area contributed by atoms with Crippen LogP contribution < -0.4 is 14.5 Å². The number of hydrogen-bond donors (Lipinski definition) is 2. The number of nitrogens with zero attached hydrogens (tertiary/aromatic N) is 4. The second kappa shape index (κ2) is 9.19. The van der Waals surface area contributed by atoms with Crippen molar-refractivity contribution < 1.29 is 19.0 Å². The first-order chi connectivity index (χ1) is 14.3. The Morgan fingerprint density at radius 2 is 1.97 bits per heavy atom. The number of benzene rings is 1. The van der Waals surface area contributed by atoms with Gasteiger partial charge in [0.25, 0.3) is 0 Å². The molecule has 4 rings (SSSR count). The van der Waals surface area contributed by atoms with Crippen molar-refractivity contribution >= 4 is 0 Å². The lowest BCUT2D eigenvalue weighted by Gasteiger charge is -2.33. The van der Waals surface area contributed by atoms with E-state index in [-0.39, 0.29) is 0 Å². The standard InChI is InChI=1S/C21H28N6O2/c1-3-19(21-22-23-24-27(21)16-18-8-6-14-29-18)26-12-10-25(11-13-26)15-17-7-4-5-9-20(17)28-2/h4-9,14,19H,3,10-13,15-16H2,1-2H3/p+2/t19-/m0/s1. The first-order valence-corrected chi connectivity index (χ1v) is 10.4. The summed E-state index contributed by atoms with van der Waals surface area (Å²) in [4.78, 5) is 3.16. The number of piperazine rings is 1. The van der Waals surface area contributed by atoms with Crippen molar-refractivity contribution in [3.63, 3.8) is 0 Å². The molecule has 3 heterocycles. The molecule has 0 bridgehead atoms. The highest BCUT2D eigenvalue weighted by Crippen LogP contribution is 2.16. The quantitative estimate of drug-likeness (QED) is 0.548. The molecule has 8 heteroatoms. The Labute approximate surface area is 171 Å². The van der Waals surface area contributed by atoms with Crippen LogP contribution in [0.4, 0.5) is 0 Å². The Balaban J connectivity index is 1.39. The number of quaternary nitrogens is 2. The molecule has 1 fully saturated rings. The van der Waals surface area contributed by atoms with Gasteiger partial charge in [0.15, 0.2) is 0 Å². The highest BCUT2D eigenvalue weighted by atomic mass is 16.5. The van der Waals surface area contributed by atoms with Crippen LogP contribution >= 0.6 is 0 Å². The van der Waals surface area contributed by atoms with Crippen LogP contribution in [0.15, 0.2) is 47.1 Å². The molecule has 1 aromatic carbocycles. The Kier molecular flexibility index (Phi) is 6.21. The summed E-state index contributed by atoms with van der Waals surface area (Å²) >= 11 is 0. The molecule has 2 N–H and O–H groups in total. The zero-order valence-corrected chi connectivity index (χ0v) is 17.2. The monoisotopic (exact) mass is 398 g/mol. The van der Waals surface area contributed by atoms with Gasteiger partial charge in [-0.3, -0.25) is 0 Å². The second-order valence-corrected chi connectivity index (χ2v) is 7.63. The van der Waals surface area contributed by atoms with Crippen molar-refractivity contribution in [3.8, 4) is 5.75 Å². The first kappa shape index (κ1) is 19.6. The van der Waals surface area contributed by atoms with E-state index in [2.05, 4.69) is 34.6 Å². The van der Waals surface area contributed by atoms with E-state index in [0.717, 1.165) is 56.5 Å². The topological polar surface area (TPSA) is 74.9 Å². The minimum Gasteiger partial charge on any atom is -0.496 e. The summed E-state index contributed by atoms with van der Waals surface area (Å²) in [7, 11) is 1.75. The largest absolute Gasteiger partial charge is 0.496 e. The molecule has 0 spiro atoms. The van der Waals surface area contributed by atoms with E-state index in [4.69, 9.17) is 9.15 Å². The Morgan fingerprint density at radius 3 is 2.69 bits per heavy atom. The zero-order valence-electron chi connectivity index (χ0n) is 17.2. The zero-order chi connectivity index (χ0) is 20.1. The summed E-state index contributed by atoms with van der Waals surface area (Å²) in [6.07, 6.45) is 2.70. The predicted octanol–water partition coefficient (Wildman–Crippen LogP) is -0.242. The molecular formula is C21H30N6O2+2. The van der Waals surface area contributed by atoms with E-state index >= 15 is 0 Å². The van der Waals surface area contributed by atoms with Gasteiger partial charge in [-0.2, -0.15) is 0 Å². The van der Waals surface area contributed by atoms with E-state index in [1.807, 2.05) is 28.9 Å². The smallest absolute Gasteiger partial charge is 0.209 e. The molecule has 2 aromatic heterocycles. The molecule has 29 heavy (non-hydrogen) atoms. The molecule has 3 aromatic rings. The van der Waals surface area contributed by atoms with Gasteiger partial charge in [-0.05, 0) is 34.7 Å². The van der Waals surface area contributed by atoms with Gasteiger partial charge in [0.1, 0.15) is 56.8 Å². The lowest BCUT2D eigenvalue weighted by molar-refractivity contribution is -1.03. The minimum atomic E-state index is 0.299. The third-order valence-electron chi connectivity index (χ3n) is 5.89. The third-order valence-corrected chi connectivity index (χ3v) is 5.89.